The maximum absolute atomic E-state index is 13.6. The van der Waals surface area contributed by atoms with Crippen LogP contribution >= 0.6 is 0 Å². The number of para-hydroxylation sites is 1. The molecule has 0 fully saturated rings. The van der Waals surface area contributed by atoms with E-state index in [4.69, 9.17) is 0 Å². The highest BCUT2D eigenvalue weighted by Crippen LogP contribution is 2.17. The number of anilines is 3. The fraction of sp³-hybridized carbons (Fsp3) is 0.118. The Balaban J connectivity index is 1.61. The van der Waals surface area contributed by atoms with Gasteiger partial charge in [0.2, 0.25) is 5.95 Å². The molecule has 0 amide bonds. The van der Waals surface area contributed by atoms with Crippen LogP contribution in [0, 0.1) is 11.6 Å². The summed E-state index contributed by atoms with van der Waals surface area (Å²) in [6.45, 7) is 0.485. The molecular formula is C17H15F2N5. The zero-order valence-corrected chi connectivity index (χ0v) is 12.7. The molecule has 0 spiro atoms. The Morgan fingerprint density at radius 2 is 1.67 bits per heavy atom. The van der Waals surface area contributed by atoms with E-state index in [0.29, 0.717) is 24.3 Å². The van der Waals surface area contributed by atoms with E-state index in [1.165, 1.54) is 18.3 Å². The Morgan fingerprint density at radius 1 is 0.917 bits per heavy atom. The summed E-state index contributed by atoms with van der Waals surface area (Å²) in [4.78, 5) is 4.21. The second kappa shape index (κ2) is 7.45. The largest absolute Gasteiger partial charge is 0.368 e. The minimum atomic E-state index is -0.404. The molecule has 0 aliphatic rings. The van der Waals surface area contributed by atoms with Gasteiger partial charge in [0.15, 0.2) is 5.82 Å². The maximum atomic E-state index is 13.6. The van der Waals surface area contributed by atoms with Crippen molar-refractivity contribution in [3.63, 3.8) is 0 Å². The first-order chi connectivity index (χ1) is 11.7. The van der Waals surface area contributed by atoms with Crippen LogP contribution in [-0.2, 0) is 6.42 Å². The Labute approximate surface area is 137 Å². The van der Waals surface area contributed by atoms with Crippen LogP contribution in [0.4, 0.5) is 26.2 Å². The predicted octanol–water partition coefficient (Wildman–Crippen LogP) is 3.55. The van der Waals surface area contributed by atoms with Gasteiger partial charge in [0, 0.05) is 6.54 Å². The van der Waals surface area contributed by atoms with Crippen LogP contribution in [0.5, 0.6) is 0 Å². The van der Waals surface area contributed by atoms with E-state index in [2.05, 4.69) is 25.8 Å². The molecule has 5 nitrogen and oxygen atoms in total. The van der Waals surface area contributed by atoms with Crippen LogP contribution < -0.4 is 10.6 Å². The van der Waals surface area contributed by atoms with E-state index in [1.54, 1.807) is 36.4 Å². The summed E-state index contributed by atoms with van der Waals surface area (Å²) >= 11 is 0. The number of halogens is 2. The number of rotatable bonds is 6. The minimum Gasteiger partial charge on any atom is -0.368 e. The third kappa shape index (κ3) is 4.01. The van der Waals surface area contributed by atoms with Crippen LogP contribution in [0.3, 0.4) is 0 Å². The van der Waals surface area contributed by atoms with Crippen molar-refractivity contribution in [2.24, 2.45) is 0 Å². The molecule has 0 aliphatic heterocycles. The highest BCUT2D eigenvalue weighted by molar-refractivity contribution is 5.54. The minimum absolute atomic E-state index is 0.177. The quantitative estimate of drug-likeness (QED) is 0.725. The van der Waals surface area contributed by atoms with E-state index < -0.39 is 5.82 Å². The van der Waals surface area contributed by atoms with Crippen molar-refractivity contribution in [3.8, 4) is 0 Å². The average molecular weight is 327 g/mol. The van der Waals surface area contributed by atoms with Crippen LogP contribution in [0.15, 0.2) is 54.7 Å². The van der Waals surface area contributed by atoms with Gasteiger partial charge in [-0.15, -0.1) is 5.10 Å². The first-order valence-corrected chi connectivity index (χ1v) is 7.41. The molecule has 1 aromatic heterocycles. The van der Waals surface area contributed by atoms with Crippen molar-refractivity contribution < 1.29 is 8.78 Å². The molecule has 2 N–H and O–H groups in total. The molecule has 7 heteroatoms. The van der Waals surface area contributed by atoms with Crippen molar-refractivity contribution in [2.75, 3.05) is 17.2 Å². The third-order valence-corrected chi connectivity index (χ3v) is 3.34. The lowest BCUT2D eigenvalue weighted by molar-refractivity contribution is 0.610. The zero-order valence-electron chi connectivity index (χ0n) is 12.7. The lowest BCUT2D eigenvalue weighted by Gasteiger charge is -2.08. The monoisotopic (exact) mass is 327 g/mol. The number of hydrogen-bond acceptors (Lipinski definition) is 5. The molecule has 3 aromatic rings. The zero-order chi connectivity index (χ0) is 16.8. The van der Waals surface area contributed by atoms with Crippen molar-refractivity contribution in [2.45, 2.75) is 6.42 Å². The normalized spacial score (nSPS) is 10.4. The van der Waals surface area contributed by atoms with E-state index in [-0.39, 0.29) is 17.5 Å². The molecule has 3 rings (SSSR count). The maximum Gasteiger partial charge on any atom is 0.249 e. The number of nitrogens with one attached hydrogen (secondary N) is 2. The van der Waals surface area contributed by atoms with Gasteiger partial charge >= 0.3 is 0 Å². The summed E-state index contributed by atoms with van der Waals surface area (Å²) < 4.78 is 27.2. The van der Waals surface area contributed by atoms with Crippen LogP contribution in [-0.4, -0.2) is 21.7 Å². The first kappa shape index (κ1) is 15.8. The Hall–Kier alpha value is -3.09. The predicted molar refractivity (Wildman–Crippen MR) is 88.1 cm³/mol. The summed E-state index contributed by atoms with van der Waals surface area (Å²) in [6.07, 6.45) is 1.96. The van der Waals surface area contributed by atoms with Gasteiger partial charge in [-0.25, -0.2) is 8.78 Å². The summed E-state index contributed by atoms with van der Waals surface area (Å²) in [7, 11) is 0. The highest BCUT2D eigenvalue weighted by Gasteiger charge is 2.05. The average Bonchev–Trinajstić information content (AvgIpc) is 2.59. The lowest BCUT2D eigenvalue weighted by atomic mass is 10.1. The van der Waals surface area contributed by atoms with Crippen molar-refractivity contribution in [1.82, 2.24) is 15.2 Å². The van der Waals surface area contributed by atoms with Gasteiger partial charge in [-0.2, -0.15) is 10.1 Å². The number of nitrogens with zero attached hydrogens (tertiary/aromatic N) is 3. The van der Waals surface area contributed by atoms with Gasteiger partial charge in [0.25, 0.3) is 0 Å². The molecular weight excluding hydrogens is 312 g/mol. The lowest BCUT2D eigenvalue weighted by Crippen LogP contribution is -2.09. The molecule has 0 radical (unpaired) electrons. The van der Waals surface area contributed by atoms with Crippen molar-refractivity contribution in [3.05, 3.63) is 71.9 Å². The Morgan fingerprint density at radius 3 is 2.46 bits per heavy atom. The van der Waals surface area contributed by atoms with E-state index >= 15 is 0 Å². The van der Waals surface area contributed by atoms with Crippen LogP contribution in [0.2, 0.25) is 0 Å². The topological polar surface area (TPSA) is 62.7 Å². The van der Waals surface area contributed by atoms with E-state index in [0.717, 1.165) is 0 Å². The summed E-state index contributed by atoms with van der Waals surface area (Å²) in [6, 6.07) is 12.8. The van der Waals surface area contributed by atoms with E-state index in [9.17, 15) is 8.78 Å². The molecule has 2 aromatic carbocycles. The molecule has 0 bridgehead atoms. The number of benzene rings is 2. The fourth-order valence-electron chi connectivity index (χ4n) is 2.15. The molecule has 1 heterocycles. The molecule has 0 atom stereocenters. The van der Waals surface area contributed by atoms with Gasteiger partial charge in [-0.1, -0.05) is 30.3 Å². The summed E-state index contributed by atoms with van der Waals surface area (Å²) in [5, 5.41) is 13.5. The van der Waals surface area contributed by atoms with Gasteiger partial charge < -0.3 is 10.6 Å². The smallest absolute Gasteiger partial charge is 0.249 e. The highest BCUT2D eigenvalue weighted by atomic mass is 19.1. The van der Waals surface area contributed by atoms with E-state index in [1.807, 2.05) is 0 Å². The summed E-state index contributed by atoms with van der Waals surface area (Å²) in [5.41, 5.74) is 0.888. The van der Waals surface area contributed by atoms with Crippen LogP contribution in [0.1, 0.15) is 5.56 Å². The molecule has 0 aliphatic carbocycles. The van der Waals surface area contributed by atoms with Gasteiger partial charge in [-0.3, -0.25) is 0 Å². The fourth-order valence-corrected chi connectivity index (χ4v) is 2.15. The van der Waals surface area contributed by atoms with Gasteiger partial charge in [-0.05, 0) is 30.2 Å². The SMILES string of the molecule is Fc1ccccc1CCNc1cnnc(Nc2ccccc2F)n1. The Kier molecular flexibility index (Phi) is 4.90. The first-order valence-electron chi connectivity index (χ1n) is 7.41. The summed E-state index contributed by atoms with van der Waals surface area (Å²) in [5.74, 6) is 0.0113. The van der Waals surface area contributed by atoms with Gasteiger partial charge in [0.05, 0.1) is 11.9 Å². The van der Waals surface area contributed by atoms with Crippen molar-refractivity contribution >= 4 is 17.5 Å². The molecule has 0 unspecified atom stereocenters. The van der Waals surface area contributed by atoms with Crippen LogP contribution in [0.25, 0.3) is 0 Å². The number of hydrogen-bond donors (Lipinski definition) is 2. The molecule has 0 saturated carbocycles. The second-order valence-electron chi connectivity index (χ2n) is 5.04. The Bertz CT molecular complexity index is 825. The molecule has 122 valence electrons. The van der Waals surface area contributed by atoms with Crippen molar-refractivity contribution in [1.29, 1.82) is 0 Å². The van der Waals surface area contributed by atoms with Gasteiger partial charge in [0.1, 0.15) is 11.6 Å². The second-order valence-corrected chi connectivity index (χ2v) is 5.04. The third-order valence-electron chi connectivity index (χ3n) is 3.34. The number of aromatic nitrogens is 3. The molecule has 0 saturated heterocycles. The standard InChI is InChI=1S/C17H15F2N5/c18-13-6-2-1-5-12(13)9-10-20-16-11-21-24-17(23-16)22-15-8-4-3-7-14(15)19/h1-8,11H,9-10H2,(H2,20,22,23,24). The molecule has 24 heavy (non-hydrogen) atoms.